The van der Waals surface area contributed by atoms with Gasteiger partial charge in [-0.25, -0.2) is 0 Å². The van der Waals surface area contributed by atoms with Gasteiger partial charge in [0.25, 0.3) is 0 Å². The second-order valence-corrected chi connectivity index (χ2v) is 6.40. The first-order chi connectivity index (χ1) is 9.63. The number of hydrogen-bond acceptors (Lipinski definition) is 1. The summed E-state index contributed by atoms with van der Waals surface area (Å²) < 4.78 is 40.5. The maximum absolute atomic E-state index is 12.2. The molecule has 0 spiro atoms. The number of halogens is 3. The fraction of sp³-hybridized carbons (Fsp3) is 0.647. The van der Waals surface area contributed by atoms with Crippen LogP contribution in [-0.4, -0.2) is 6.36 Å². The van der Waals surface area contributed by atoms with Crippen LogP contribution in [0.2, 0.25) is 0 Å². The highest BCUT2D eigenvalue weighted by atomic mass is 19.4. The standard InChI is InChI=1S/C17H25F3O/c1-5-6-10-16(3,4)11-9-14-7-8-15(12-13(14)2)21-17(18,19)20/h7-8,12H,5-6,9-11H2,1-4H3. The molecular weight excluding hydrogens is 277 g/mol. The summed E-state index contributed by atoms with van der Waals surface area (Å²) in [6.07, 6.45) is 0.867. The third-order valence-electron chi connectivity index (χ3n) is 3.83. The molecule has 4 heteroatoms. The lowest BCUT2D eigenvalue weighted by Crippen LogP contribution is -2.17. The lowest BCUT2D eigenvalue weighted by atomic mass is 9.81. The van der Waals surface area contributed by atoms with E-state index in [9.17, 15) is 13.2 Å². The Morgan fingerprint density at radius 3 is 2.29 bits per heavy atom. The van der Waals surface area contributed by atoms with Gasteiger partial charge in [0.1, 0.15) is 5.75 Å². The average Bonchev–Trinajstić information content (AvgIpc) is 2.33. The Morgan fingerprint density at radius 2 is 1.76 bits per heavy atom. The van der Waals surface area contributed by atoms with Crippen molar-refractivity contribution in [2.75, 3.05) is 0 Å². The molecule has 0 aliphatic carbocycles. The number of aryl methyl sites for hydroxylation is 2. The van der Waals surface area contributed by atoms with Gasteiger partial charge in [-0.1, -0.05) is 39.7 Å². The van der Waals surface area contributed by atoms with Crippen LogP contribution in [0.4, 0.5) is 13.2 Å². The van der Waals surface area contributed by atoms with Crippen LogP contribution in [0.5, 0.6) is 5.75 Å². The Morgan fingerprint density at radius 1 is 1.10 bits per heavy atom. The molecule has 0 aliphatic rings. The quantitative estimate of drug-likeness (QED) is 0.596. The first-order valence-electron chi connectivity index (χ1n) is 7.48. The van der Waals surface area contributed by atoms with E-state index >= 15 is 0 Å². The number of rotatable bonds is 7. The van der Waals surface area contributed by atoms with Crippen molar-refractivity contribution < 1.29 is 17.9 Å². The monoisotopic (exact) mass is 302 g/mol. The van der Waals surface area contributed by atoms with E-state index in [4.69, 9.17) is 0 Å². The summed E-state index contributed by atoms with van der Waals surface area (Å²) in [6, 6.07) is 4.60. The van der Waals surface area contributed by atoms with Gasteiger partial charge in [-0.05, 0) is 54.9 Å². The van der Waals surface area contributed by atoms with E-state index in [1.54, 1.807) is 6.07 Å². The summed E-state index contributed by atoms with van der Waals surface area (Å²) in [5, 5.41) is 0. The lowest BCUT2D eigenvalue weighted by Gasteiger charge is -2.25. The summed E-state index contributed by atoms with van der Waals surface area (Å²) in [6.45, 7) is 8.51. The molecule has 0 N–H and O–H groups in total. The van der Waals surface area contributed by atoms with Crippen LogP contribution in [-0.2, 0) is 6.42 Å². The van der Waals surface area contributed by atoms with Gasteiger partial charge in [0.15, 0.2) is 0 Å². The molecule has 0 radical (unpaired) electrons. The lowest BCUT2D eigenvalue weighted by molar-refractivity contribution is -0.274. The van der Waals surface area contributed by atoms with Crippen molar-refractivity contribution in [1.82, 2.24) is 0 Å². The van der Waals surface area contributed by atoms with Crippen molar-refractivity contribution in [2.45, 2.75) is 66.2 Å². The molecule has 1 rings (SSSR count). The Hall–Kier alpha value is -1.19. The maximum Gasteiger partial charge on any atom is 0.573 e. The van der Waals surface area contributed by atoms with Crippen molar-refractivity contribution in [3.63, 3.8) is 0 Å². The first-order valence-corrected chi connectivity index (χ1v) is 7.48. The van der Waals surface area contributed by atoms with E-state index in [0.717, 1.165) is 24.0 Å². The Bertz CT molecular complexity index is 450. The summed E-state index contributed by atoms with van der Waals surface area (Å²) >= 11 is 0. The van der Waals surface area contributed by atoms with Gasteiger partial charge in [0.05, 0.1) is 0 Å². The van der Waals surface area contributed by atoms with E-state index in [-0.39, 0.29) is 11.2 Å². The molecule has 0 aromatic heterocycles. The first kappa shape index (κ1) is 17.9. The van der Waals surface area contributed by atoms with Crippen LogP contribution in [0.1, 0.15) is 57.6 Å². The predicted octanol–water partition coefficient (Wildman–Crippen LogP) is 6.04. The Kier molecular flexibility index (Phi) is 6.11. The molecule has 0 heterocycles. The molecule has 120 valence electrons. The minimum Gasteiger partial charge on any atom is -0.406 e. The van der Waals surface area contributed by atoms with Crippen LogP contribution in [0.15, 0.2) is 18.2 Å². The minimum absolute atomic E-state index is 0.144. The number of unbranched alkanes of at least 4 members (excludes halogenated alkanes) is 1. The third-order valence-corrected chi connectivity index (χ3v) is 3.83. The zero-order valence-corrected chi connectivity index (χ0v) is 13.3. The van der Waals surface area contributed by atoms with Gasteiger partial charge in [-0.3, -0.25) is 0 Å². The molecule has 0 fully saturated rings. The largest absolute Gasteiger partial charge is 0.573 e. The van der Waals surface area contributed by atoms with Crippen LogP contribution in [0.25, 0.3) is 0 Å². The normalized spacial score (nSPS) is 12.5. The third kappa shape index (κ3) is 6.87. The zero-order valence-electron chi connectivity index (χ0n) is 13.3. The highest BCUT2D eigenvalue weighted by molar-refractivity contribution is 5.35. The average molecular weight is 302 g/mol. The van der Waals surface area contributed by atoms with Crippen LogP contribution in [0, 0.1) is 12.3 Å². The molecular formula is C17H25F3O. The van der Waals surface area contributed by atoms with Gasteiger partial charge in [-0.2, -0.15) is 0 Å². The molecule has 0 saturated heterocycles. The molecule has 0 unspecified atom stereocenters. The van der Waals surface area contributed by atoms with E-state index in [1.807, 2.05) is 6.92 Å². The highest BCUT2D eigenvalue weighted by Gasteiger charge is 2.31. The molecule has 0 aliphatic heterocycles. The van der Waals surface area contributed by atoms with Crippen LogP contribution in [0.3, 0.4) is 0 Å². The number of alkyl halides is 3. The van der Waals surface area contributed by atoms with E-state index < -0.39 is 6.36 Å². The van der Waals surface area contributed by atoms with Gasteiger partial charge in [0, 0.05) is 0 Å². The summed E-state index contributed by atoms with van der Waals surface area (Å²) in [4.78, 5) is 0. The molecule has 0 atom stereocenters. The van der Waals surface area contributed by atoms with Gasteiger partial charge in [0.2, 0.25) is 0 Å². The van der Waals surface area contributed by atoms with Crippen molar-refractivity contribution in [3.8, 4) is 5.75 Å². The minimum atomic E-state index is -4.63. The van der Waals surface area contributed by atoms with Crippen LogP contribution < -0.4 is 4.74 Å². The second kappa shape index (κ2) is 7.19. The van der Waals surface area contributed by atoms with Gasteiger partial charge >= 0.3 is 6.36 Å². The molecule has 21 heavy (non-hydrogen) atoms. The summed E-state index contributed by atoms with van der Waals surface area (Å²) in [7, 11) is 0. The van der Waals surface area contributed by atoms with Gasteiger partial charge < -0.3 is 4.74 Å². The number of benzene rings is 1. The van der Waals surface area contributed by atoms with Crippen molar-refractivity contribution in [3.05, 3.63) is 29.3 Å². The van der Waals surface area contributed by atoms with E-state index in [0.29, 0.717) is 0 Å². The molecule has 0 saturated carbocycles. The molecule has 1 nitrogen and oxygen atoms in total. The van der Waals surface area contributed by atoms with Crippen molar-refractivity contribution in [1.29, 1.82) is 0 Å². The molecule has 1 aromatic rings. The topological polar surface area (TPSA) is 9.23 Å². The zero-order chi connectivity index (χ0) is 16.1. The predicted molar refractivity (Wildman–Crippen MR) is 79.5 cm³/mol. The second-order valence-electron chi connectivity index (χ2n) is 6.40. The Labute approximate surface area is 125 Å². The highest BCUT2D eigenvalue weighted by Crippen LogP contribution is 2.31. The maximum atomic E-state index is 12.2. The molecule has 0 bridgehead atoms. The molecule has 0 amide bonds. The van der Waals surface area contributed by atoms with Gasteiger partial charge in [-0.15, -0.1) is 13.2 Å². The van der Waals surface area contributed by atoms with Crippen molar-refractivity contribution in [2.24, 2.45) is 5.41 Å². The SMILES string of the molecule is CCCCC(C)(C)CCc1ccc(OC(F)(F)F)cc1C. The summed E-state index contributed by atoms with van der Waals surface area (Å²) in [5.74, 6) is -0.144. The number of ether oxygens (including phenoxy) is 1. The van der Waals surface area contributed by atoms with Crippen molar-refractivity contribution >= 4 is 0 Å². The Balaban J connectivity index is 2.65. The van der Waals surface area contributed by atoms with E-state index in [1.165, 1.54) is 31.4 Å². The number of hydrogen-bond donors (Lipinski definition) is 0. The summed E-state index contributed by atoms with van der Waals surface area (Å²) in [5.41, 5.74) is 2.21. The van der Waals surface area contributed by atoms with Crippen LogP contribution >= 0.6 is 0 Å². The fourth-order valence-electron chi connectivity index (χ4n) is 2.40. The smallest absolute Gasteiger partial charge is 0.406 e. The fourth-order valence-corrected chi connectivity index (χ4v) is 2.40. The van der Waals surface area contributed by atoms with E-state index in [2.05, 4.69) is 25.5 Å². The molecule has 1 aromatic carbocycles.